The summed E-state index contributed by atoms with van der Waals surface area (Å²) in [4.78, 5) is 35.5. The van der Waals surface area contributed by atoms with Gasteiger partial charge in [0, 0.05) is 25.8 Å². The smallest absolute Gasteiger partial charge is 0.267 e. The van der Waals surface area contributed by atoms with E-state index in [1.165, 1.54) is 16.7 Å². The highest BCUT2D eigenvalue weighted by Gasteiger charge is 2.33. The van der Waals surface area contributed by atoms with Gasteiger partial charge >= 0.3 is 0 Å². The number of hydrogen-bond acceptors (Lipinski definition) is 6. The highest BCUT2D eigenvalue weighted by atomic mass is 32.2. The van der Waals surface area contributed by atoms with Crippen molar-refractivity contribution in [2.24, 2.45) is 11.8 Å². The van der Waals surface area contributed by atoms with Gasteiger partial charge in [-0.25, -0.2) is 4.98 Å². The van der Waals surface area contributed by atoms with Crippen LogP contribution in [0.2, 0.25) is 0 Å². The van der Waals surface area contributed by atoms with Crippen LogP contribution in [0.1, 0.15) is 31.4 Å². The Bertz CT molecular complexity index is 1160. The van der Waals surface area contributed by atoms with E-state index in [1.807, 2.05) is 19.1 Å². The number of fused-ring (bicyclic) bond motifs is 1. The summed E-state index contributed by atoms with van der Waals surface area (Å²) in [7, 11) is 0. The van der Waals surface area contributed by atoms with E-state index in [4.69, 9.17) is 17.2 Å². The summed E-state index contributed by atoms with van der Waals surface area (Å²) in [5.41, 5.74) is 1.83. The molecule has 0 N–H and O–H groups in total. The Labute approximate surface area is 191 Å². The first-order valence-electron chi connectivity index (χ1n) is 10.4. The molecule has 31 heavy (non-hydrogen) atoms. The molecule has 2 fully saturated rings. The molecule has 2 aromatic rings. The van der Waals surface area contributed by atoms with Gasteiger partial charge in [0.2, 0.25) is 0 Å². The maximum Gasteiger partial charge on any atom is 0.267 e. The molecule has 2 unspecified atom stereocenters. The van der Waals surface area contributed by atoms with Crippen molar-refractivity contribution in [3.05, 3.63) is 57.4 Å². The highest BCUT2D eigenvalue weighted by molar-refractivity contribution is 8.26. The molecule has 1 amide bonds. The van der Waals surface area contributed by atoms with E-state index >= 15 is 0 Å². The van der Waals surface area contributed by atoms with Crippen LogP contribution in [-0.4, -0.2) is 44.1 Å². The predicted octanol–water partition coefficient (Wildman–Crippen LogP) is 3.87. The maximum atomic E-state index is 13.6. The SMILES string of the molecule is C=CCN1C(=O)/C(=C/c2c(N3CC(C)CC(C)C3)nc3c(C)cccn3c2=O)SC1=S. The molecule has 2 aliphatic rings. The molecule has 0 bridgehead atoms. The quantitative estimate of drug-likeness (QED) is 0.397. The Kier molecular flexibility index (Phi) is 6.03. The molecule has 4 rings (SSSR count). The number of aromatic nitrogens is 2. The summed E-state index contributed by atoms with van der Waals surface area (Å²) in [6.45, 7) is 12.1. The number of thiocarbonyl (C=S) groups is 1. The van der Waals surface area contributed by atoms with Gasteiger partial charge in [0.1, 0.15) is 15.8 Å². The van der Waals surface area contributed by atoms with Gasteiger partial charge in [0.25, 0.3) is 11.5 Å². The molecular weight excluding hydrogens is 428 g/mol. The first kappa shape index (κ1) is 21.8. The number of carbonyl (C=O) groups is 1. The van der Waals surface area contributed by atoms with E-state index in [0.717, 1.165) is 25.1 Å². The lowest BCUT2D eigenvalue weighted by atomic mass is 9.91. The van der Waals surface area contributed by atoms with Gasteiger partial charge in [-0.15, -0.1) is 6.58 Å². The third-order valence-electron chi connectivity index (χ3n) is 5.69. The van der Waals surface area contributed by atoms with E-state index in [-0.39, 0.29) is 11.5 Å². The minimum Gasteiger partial charge on any atom is -0.355 e. The number of aryl methyl sites for hydroxylation is 1. The zero-order chi connectivity index (χ0) is 22.3. The van der Waals surface area contributed by atoms with Crippen molar-refractivity contribution in [3.63, 3.8) is 0 Å². The largest absolute Gasteiger partial charge is 0.355 e. The second-order valence-corrected chi connectivity index (χ2v) is 10.1. The van der Waals surface area contributed by atoms with Gasteiger partial charge in [0.05, 0.1) is 10.5 Å². The van der Waals surface area contributed by atoms with Crippen molar-refractivity contribution < 1.29 is 4.79 Å². The standard InChI is InChI=1S/C23H26N4O2S2/c1-5-8-27-22(29)18(31-23(27)30)11-17-20(25-12-14(2)10-15(3)13-25)24-19-16(4)7-6-9-26(19)21(17)28/h5-7,9,11,14-15H,1,8,10,12-13H2,2-4H3/b18-11-. The molecule has 0 spiro atoms. The van der Waals surface area contributed by atoms with E-state index in [0.29, 0.717) is 44.6 Å². The second-order valence-electron chi connectivity index (χ2n) is 8.47. The number of amides is 1. The lowest BCUT2D eigenvalue weighted by molar-refractivity contribution is -0.121. The summed E-state index contributed by atoms with van der Waals surface area (Å²) < 4.78 is 2.04. The van der Waals surface area contributed by atoms with E-state index in [1.54, 1.807) is 22.7 Å². The average Bonchev–Trinajstić information content (AvgIpc) is 2.97. The van der Waals surface area contributed by atoms with Crippen LogP contribution in [0.3, 0.4) is 0 Å². The van der Waals surface area contributed by atoms with Crippen molar-refractivity contribution in [2.45, 2.75) is 27.2 Å². The summed E-state index contributed by atoms with van der Waals surface area (Å²) in [5.74, 6) is 1.45. The van der Waals surface area contributed by atoms with Crippen LogP contribution >= 0.6 is 24.0 Å². The first-order valence-corrected chi connectivity index (χ1v) is 11.7. The second kappa shape index (κ2) is 8.59. The lowest BCUT2D eigenvalue weighted by Gasteiger charge is -2.36. The Morgan fingerprint density at radius 3 is 2.68 bits per heavy atom. The van der Waals surface area contributed by atoms with Gasteiger partial charge in [-0.3, -0.25) is 18.9 Å². The molecule has 2 aromatic heterocycles. The van der Waals surface area contributed by atoms with Gasteiger partial charge in [-0.1, -0.05) is 50.0 Å². The third-order valence-corrected chi connectivity index (χ3v) is 7.07. The fourth-order valence-corrected chi connectivity index (χ4v) is 5.68. The number of piperidine rings is 1. The van der Waals surface area contributed by atoms with Gasteiger partial charge in [0.15, 0.2) is 0 Å². The van der Waals surface area contributed by atoms with Crippen molar-refractivity contribution >= 4 is 51.7 Å². The molecule has 2 saturated heterocycles. The molecule has 0 aliphatic carbocycles. The molecule has 2 atom stereocenters. The molecule has 4 heterocycles. The van der Waals surface area contributed by atoms with Crippen molar-refractivity contribution in [2.75, 3.05) is 24.5 Å². The van der Waals surface area contributed by atoms with Crippen LogP contribution < -0.4 is 10.5 Å². The fraction of sp³-hybridized carbons (Fsp3) is 0.391. The topological polar surface area (TPSA) is 57.9 Å². The number of thioether (sulfide) groups is 1. The Morgan fingerprint density at radius 2 is 2.00 bits per heavy atom. The number of hydrogen-bond donors (Lipinski definition) is 0. The average molecular weight is 455 g/mol. The number of rotatable bonds is 4. The van der Waals surface area contributed by atoms with E-state index < -0.39 is 0 Å². The Balaban J connectivity index is 1.90. The maximum absolute atomic E-state index is 13.6. The van der Waals surface area contributed by atoms with Crippen LogP contribution in [0.25, 0.3) is 11.7 Å². The molecule has 0 radical (unpaired) electrons. The summed E-state index contributed by atoms with van der Waals surface area (Å²) in [6, 6.07) is 3.79. The predicted molar refractivity (Wildman–Crippen MR) is 131 cm³/mol. The van der Waals surface area contributed by atoms with E-state index in [9.17, 15) is 9.59 Å². The van der Waals surface area contributed by atoms with Crippen molar-refractivity contribution in [3.8, 4) is 0 Å². The van der Waals surface area contributed by atoms with Crippen LogP contribution in [0, 0.1) is 18.8 Å². The van der Waals surface area contributed by atoms with E-state index in [2.05, 4.69) is 25.3 Å². The van der Waals surface area contributed by atoms with Crippen LogP contribution in [-0.2, 0) is 4.79 Å². The molecular formula is C23H26N4O2S2. The minimum atomic E-state index is -0.199. The van der Waals surface area contributed by atoms with Crippen molar-refractivity contribution in [1.29, 1.82) is 0 Å². The number of carbonyl (C=O) groups excluding carboxylic acids is 1. The monoisotopic (exact) mass is 454 g/mol. The third kappa shape index (κ3) is 4.06. The number of anilines is 1. The Morgan fingerprint density at radius 1 is 1.29 bits per heavy atom. The van der Waals surface area contributed by atoms with Gasteiger partial charge < -0.3 is 4.90 Å². The fourth-order valence-electron chi connectivity index (χ4n) is 4.42. The summed E-state index contributed by atoms with van der Waals surface area (Å²) >= 11 is 6.58. The highest BCUT2D eigenvalue weighted by Crippen LogP contribution is 2.34. The van der Waals surface area contributed by atoms with Gasteiger partial charge in [-0.2, -0.15) is 0 Å². The van der Waals surface area contributed by atoms with Gasteiger partial charge in [-0.05, 0) is 42.9 Å². The summed E-state index contributed by atoms with van der Waals surface area (Å²) in [5, 5.41) is 0. The summed E-state index contributed by atoms with van der Waals surface area (Å²) in [6.07, 6.45) is 6.19. The van der Waals surface area contributed by atoms with Crippen LogP contribution in [0.15, 0.2) is 40.7 Å². The first-order chi connectivity index (χ1) is 14.8. The molecule has 0 aromatic carbocycles. The van der Waals surface area contributed by atoms with Crippen LogP contribution in [0.4, 0.5) is 5.82 Å². The molecule has 0 saturated carbocycles. The lowest BCUT2D eigenvalue weighted by Crippen LogP contribution is -2.40. The number of pyridine rings is 1. The number of nitrogens with zero attached hydrogens (tertiary/aromatic N) is 4. The molecule has 162 valence electrons. The normalized spacial score (nSPS) is 23.3. The molecule has 2 aliphatic heterocycles. The van der Waals surface area contributed by atoms with Crippen molar-refractivity contribution in [1.82, 2.24) is 14.3 Å². The van der Waals surface area contributed by atoms with Crippen LogP contribution in [0.5, 0.6) is 0 Å². The Hall–Kier alpha value is -2.45. The zero-order valence-electron chi connectivity index (χ0n) is 18.0. The zero-order valence-corrected chi connectivity index (χ0v) is 19.6. The molecule has 6 nitrogen and oxygen atoms in total. The minimum absolute atomic E-state index is 0.177. The molecule has 8 heteroatoms.